The molecule has 1 aromatic carbocycles. The van der Waals surface area contributed by atoms with E-state index in [1.54, 1.807) is 55.0 Å². The van der Waals surface area contributed by atoms with Crippen LogP contribution in [0.4, 0.5) is 0 Å². The van der Waals surface area contributed by atoms with Crippen LogP contribution in [0.1, 0.15) is 21.7 Å². The van der Waals surface area contributed by atoms with Crippen molar-refractivity contribution < 1.29 is 23.7 Å². The number of methoxy groups -OCH3 is 4. The highest BCUT2D eigenvalue weighted by Crippen LogP contribution is 2.43. The molecular formula is C31H28N4O6. The van der Waals surface area contributed by atoms with Crippen LogP contribution in [0.3, 0.4) is 0 Å². The third-order valence-corrected chi connectivity index (χ3v) is 6.71. The first-order chi connectivity index (χ1) is 19.9. The number of esters is 1. The van der Waals surface area contributed by atoms with Gasteiger partial charge >= 0.3 is 5.97 Å². The van der Waals surface area contributed by atoms with E-state index in [2.05, 4.69) is 9.97 Å². The van der Waals surface area contributed by atoms with Gasteiger partial charge in [0.05, 0.1) is 40.7 Å². The minimum Gasteiger partial charge on any atom is -0.493 e. The van der Waals surface area contributed by atoms with Gasteiger partial charge in [0, 0.05) is 40.8 Å². The number of carbonyl (C=O) groups is 1. The summed E-state index contributed by atoms with van der Waals surface area (Å²) < 4.78 is 23.3. The van der Waals surface area contributed by atoms with Crippen LogP contribution in [0, 0.1) is 6.92 Å². The predicted molar refractivity (Wildman–Crippen MR) is 154 cm³/mol. The van der Waals surface area contributed by atoms with E-state index in [1.165, 1.54) is 33.0 Å². The number of ether oxygens (including phenoxy) is 4. The van der Waals surface area contributed by atoms with Crippen molar-refractivity contribution >= 4 is 16.9 Å². The third kappa shape index (κ3) is 5.07. The highest BCUT2D eigenvalue weighted by atomic mass is 16.5. The van der Waals surface area contributed by atoms with Crippen molar-refractivity contribution in [2.45, 2.75) is 13.5 Å². The molecule has 5 aromatic rings. The molecule has 0 fully saturated rings. The Morgan fingerprint density at radius 3 is 2.27 bits per heavy atom. The number of benzene rings is 1. The minimum atomic E-state index is -0.685. The summed E-state index contributed by atoms with van der Waals surface area (Å²) in [7, 11) is 5.81. The number of fused-ring (bicyclic) bond motifs is 1. The molecular weight excluding hydrogens is 524 g/mol. The maximum atomic E-state index is 14.2. The second kappa shape index (κ2) is 11.5. The molecule has 208 valence electrons. The first-order valence-electron chi connectivity index (χ1n) is 12.7. The maximum Gasteiger partial charge on any atom is 0.355 e. The van der Waals surface area contributed by atoms with E-state index < -0.39 is 11.5 Å². The van der Waals surface area contributed by atoms with Gasteiger partial charge in [0.15, 0.2) is 11.5 Å². The average Bonchev–Trinajstić information content (AvgIpc) is 3.01. The van der Waals surface area contributed by atoms with E-state index in [4.69, 9.17) is 23.9 Å². The lowest BCUT2D eigenvalue weighted by Crippen LogP contribution is -2.29. The summed E-state index contributed by atoms with van der Waals surface area (Å²) in [6.07, 6.45) is 5.00. The zero-order valence-electron chi connectivity index (χ0n) is 23.3. The lowest BCUT2D eigenvalue weighted by atomic mass is 9.96. The molecule has 0 saturated carbocycles. The Balaban J connectivity index is 1.92. The van der Waals surface area contributed by atoms with Crippen LogP contribution in [-0.4, -0.2) is 53.9 Å². The molecule has 4 heterocycles. The standard InChI is InChI=1S/C31H28N4O6/c1-18-13-19(10-12-33-18)17-35-28(31(37)41-5)26(21-14-24(38-2)29(40-4)25(15-21)39-3)22-8-9-23(34-27(22)30(35)36)20-7-6-11-32-16-20/h6-16H,17H2,1-5H3. The molecule has 0 bridgehead atoms. The normalized spacial score (nSPS) is 10.9. The highest BCUT2D eigenvalue weighted by molar-refractivity contribution is 6.06. The number of aryl methyl sites for hydroxylation is 1. The van der Waals surface area contributed by atoms with E-state index in [9.17, 15) is 9.59 Å². The molecule has 0 amide bonds. The summed E-state index contributed by atoms with van der Waals surface area (Å²) in [6, 6.07) is 14.3. The van der Waals surface area contributed by atoms with Gasteiger partial charge in [0.2, 0.25) is 5.75 Å². The molecule has 0 saturated heterocycles. The van der Waals surface area contributed by atoms with Crippen molar-refractivity contribution in [1.29, 1.82) is 0 Å². The summed E-state index contributed by atoms with van der Waals surface area (Å²) in [5.41, 5.74) is 3.63. The molecule has 0 spiro atoms. The molecule has 0 unspecified atom stereocenters. The predicted octanol–water partition coefficient (Wildman–Crippen LogP) is 4.69. The zero-order valence-corrected chi connectivity index (χ0v) is 23.3. The van der Waals surface area contributed by atoms with Crippen LogP contribution in [-0.2, 0) is 11.3 Å². The van der Waals surface area contributed by atoms with Crippen LogP contribution in [0.2, 0.25) is 0 Å². The van der Waals surface area contributed by atoms with Crippen LogP contribution < -0.4 is 19.8 Å². The second-order valence-corrected chi connectivity index (χ2v) is 9.16. The van der Waals surface area contributed by atoms with Gasteiger partial charge < -0.3 is 18.9 Å². The van der Waals surface area contributed by atoms with Crippen LogP contribution in [0.25, 0.3) is 33.3 Å². The SMILES string of the molecule is COC(=O)c1c(-c2cc(OC)c(OC)c(OC)c2)c2ccc(-c3cccnc3)nc2c(=O)n1Cc1ccnc(C)c1. The van der Waals surface area contributed by atoms with E-state index >= 15 is 0 Å². The van der Waals surface area contributed by atoms with E-state index in [0.717, 1.165) is 16.8 Å². The Hall–Kier alpha value is -5.25. The zero-order chi connectivity index (χ0) is 29.1. The van der Waals surface area contributed by atoms with Crippen molar-refractivity contribution in [3.8, 4) is 39.6 Å². The van der Waals surface area contributed by atoms with E-state index in [-0.39, 0.29) is 17.8 Å². The number of nitrogens with zero attached hydrogens (tertiary/aromatic N) is 4. The number of aromatic nitrogens is 4. The molecule has 41 heavy (non-hydrogen) atoms. The number of carbonyl (C=O) groups excluding carboxylic acids is 1. The fraction of sp³-hybridized carbons (Fsp3) is 0.194. The highest BCUT2D eigenvalue weighted by Gasteiger charge is 2.27. The van der Waals surface area contributed by atoms with Gasteiger partial charge in [-0.25, -0.2) is 9.78 Å². The van der Waals surface area contributed by atoms with Crippen molar-refractivity contribution in [1.82, 2.24) is 19.5 Å². The number of pyridine rings is 4. The molecule has 10 heteroatoms. The summed E-state index contributed by atoms with van der Waals surface area (Å²) in [4.78, 5) is 40.9. The minimum absolute atomic E-state index is 0.0599. The van der Waals surface area contributed by atoms with Crippen molar-refractivity contribution in [3.05, 3.63) is 94.4 Å². The van der Waals surface area contributed by atoms with Crippen LogP contribution in [0.5, 0.6) is 17.2 Å². The molecule has 0 aliphatic rings. The first kappa shape index (κ1) is 27.3. The Bertz CT molecular complexity index is 1790. The van der Waals surface area contributed by atoms with E-state index in [1.807, 2.05) is 19.1 Å². The van der Waals surface area contributed by atoms with Crippen molar-refractivity contribution in [2.24, 2.45) is 0 Å². The van der Waals surface area contributed by atoms with Crippen molar-refractivity contribution in [3.63, 3.8) is 0 Å². The Morgan fingerprint density at radius 2 is 1.66 bits per heavy atom. The Labute approximate surface area is 236 Å². The average molecular weight is 553 g/mol. The Kier molecular flexibility index (Phi) is 7.64. The molecule has 0 atom stereocenters. The first-order valence-corrected chi connectivity index (χ1v) is 12.7. The topological polar surface area (TPSA) is 115 Å². The van der Waals surface area contributed by atoms with Crippen LogP contribution in [0.15, 0.2) is 71.9 Å². The maximum absolute atomic E-state index is 14.2. The van der Waals surface area contributed by atoms with Gasteiger partial charge in [0.1, 0.15) is 11.2 Å². The summed E-state index contributed by atoms with van der Waals surface area (Å²) in [6.45, 7) is 1.94. The van der Waals surface area contributed by atoms with Gasteiger partial charge in [0.25, 0.3) is 5.56 Å². The lowest BCUT2D eigenvalue weighted by Gasteiger charge is -2.20. The number of rotatable bonds is 8. The number of hydrogen-bond acceptors (Lipinski definition) is 9. The Morgan fingerprint density at radius 1 is 0.902 bits per heavy atom. The molecule has 0 aliphatic heterocycles. The van der Waals surface area contributed by atoms with E-state index in [0.29, 0.717) is 39.5 Å². The summed E-state index contributed by atoms with van der Waals surface area (Å²) in [5, 5.41) is 0.458. The fourth-order valence-corrected chi connectivity index (χ4v) is 4.85. The van der Waals surface area contributed by atoms with Gasteiger partial charge in [-0.2, -0.15) is 0 Å². The third-order valence-electron chi connectivity index (χ3n) is 6.71. The smallest absolute Gasteiger partial charge is 0.355 e. The van der Waals surface area contributed by atoms with Gasteiger partial charge in [-0.3, -0.25) is 19.3 Å². The van der Waals surface area contributed by atoms with Gasteiger partial charge in [-0.05, 0) is 66.6 Å². The second-order valence-electron chi connectivity index (χ2n) is 9.16. The quantitative estimate of drug-likeness (QED) is 0.253. The molecule has 0 N–H and O–H groups in total. The van der Waals surface area contributed by atoms with Crippen molar-refractivity contribution in [2.75, 3.05) is 28.4 Å². The summed E-state index contributed by atoms with van der Waals surface area (Å²) in [5.74, 6) is 0.469. The monoisotopic (exact) mass is 552 g/mol. The van der Waals surface area contributed by atoms with Gasteiger partial charge in [-0.15, -0.1) is 0 Å². The fourth-order valence-electron chi connectivity index (χ4n) is 4.85. The molecule has 0 radical (unpaired) electrons. The molecule has 4 aromatic heterocycles. The van der Waals surface area contributed by atoms with Crippen LogP contribution >= 0.6 is 0 Å². The lowest BCUT2D eigenvalue weighted by molar-refractivity contribution is 0.0588. The molecule has 5 rings (SSSR count). The van der Waals surface area contributed by atoms with Gasteiger partial charge in [-0.1, -0.05) is 0 Å². The molecule has 10 nitrogen and oxygen atoms in total. The number of hydrogen-bond donors (Lipinski definition) is 0. The summed E-state index contributed by atoms with van der Waals surface area (Å²) >= 11 is 0. The largest absolute Gasteiger partial charge is 0.493 e. The molecule has 0 aliphatic carbocycles.